The van der Waals surface area contributed by atoms with Gasteiger partial charge in [0, 0.05) is 12.7 Å². The summed E-state index contributed by atoms with van der Waals surface area (Å²) in [7, 11) is 0. The highest BCUT2D eigenvalue weighted by molar-refractivity contribution is 5.38. The molecule has 1 aromatic heterocycles. The van der Waals surface area contributed by atoms with E-state index < -0.39 is 0 Å². The van der Waals surface area contributed by atoms with Gasteiger partial charge in [0.2, 0.25) is 5.95 Å². The smallest absolute Gasteiger partial charge is 0.239 e. The van der Waals surface area contributed by atoms with E-state index in [0.29, 0.717) is 18.7 Å². The Morgan fingerprint density at radius 3 is 3.00 bits per heavy atom. The molecule has 0 saturated heterocycles. The maximum Gasteiger partial charge on any atom is 0.239 e. The molecule has 0 spiro atoms. The summed E-state index contributed by atoms with van der Waals surface area (Å²) < 4.78 is 5.74. The summed E-state index contributed by atoms with van der Waals surface area (Å²) in [5, 5.41) is 3.17. The highest BCUT2D eigenvalue weighted by Crippen LogP contribution is 2.20. The van der Waals surface area contributed by atoms with Crippen LogP contribution in [0.3, 0.4) is 0 Å². The lowest BCUT2D eigenvalue weighted by atomic mass is 10.3. The van der Waals surface area contributed by atoms with Crippen molar-refractivity contribution in [3.63, 3.8) is 0 Å². The van der Waals surface area contributed by atoms with Crippen LogP contribution in [0, 0.1) is 0 Å². The summed E-state index contributed by atoms with van der Waals surface area (Å²) in [4.78, 5) is 8.08. The first-order valence-corrected chi connectivity index (χ1v) is 6.03. The van der Waals surface area contributed by atoms with E-state index in [9.17, 15) is 0 Å². The molecule has 1 saturated carbocycles. The van der Waals surface area contributed by atoms with Crippen LogP contribution in [0.1, 0.15) is 25.7 Å². The number of rotatable bonds is 6. The van der Waals surface area contributed by atoms with Crippen LogP contribution >= 0.6 is 0 Å². The highest BCUT2D eigenvalue weighted by atomic mass is 16.5. The van der Waals surface area contributed by atoms with E-state index in [0.717, 1.165) is 12.4 Å². The number of hydrogen-bond acceptors (Lipinski definition) is 6. The average molecular weight is 237 g/mol. The minimum absolute atomic E-state index is 0.409. The molecule has 6 heteroatoms. The number of ether oxygens (including phenoxy) is 1. The Balaban J connectivity index is 1.66. The first kappa shape index (κ1) is 12.1. The van der Waals surface area contributed by atoms with Crippen molar-refractivity contribution in [2.75, 3.05) is 23.9 Å². The lowest BCUT2D eigenvalue weighted by Crippen LogP contribution is -2.16. The van der Waals surface area contributed by atoms with Crippen molar-refractivity contribution in [1.82, 2.24) is 9.97 Å². The normalized spacial score (nSPS) is 16.1. The molecule has 0 aliphatic heterocycles. The predicted octanol–water partition coefficient (Wildman–Crippen LogP) is 1.13. The van der Waals surface area contributed by atoms with Crippen LogP contribution in [-0.2, 0) is 4.74 Å². The molecule has 1 aromatic rings. The molecule has 0 amide bonds. The topological polar surface area (TPSA) is 85.1 Å². The zero-order valence-corrected chi connectivity index (χ0v) is 9.85. The van der Waals surface area contributed by atoms with E-state index in [-0.39, 0.29) is 0 Å². The Hall–Kier alpha value is -1.40. The van der Waals surface area contributed by atoms with Crippen molar-refractivity contribution in [2.24, 2.45) is 5.84 Å². The van der Waals surface area contributed by atoms with Gasteiger partial charge in [0.1, 0.15) is 5.82 Å². The van der Waals surface area contributed by atoms with Crippen LogP contribution in [0.2, 0.25) is 0 Å². The summed E-state index contributed by atoms with van der Waals surface area (Å²) in [6.07, 6.45) is 7.13. The molecule has 1 aliphatic carbocycles. The molecule has 17 heavy (non-hydrogen) atoms. The molecule has 0 atom stereocenters. The van der Waals surface area contributed by atoms with Gasteiger partial charge in [-0.1, -0.05) is 12.8 Å². The monoisotopic (exact) mass is 237 g/mol. The Morgan fingerprint density at radius 2 is 2.24 bits per heavy atom. The number of hydrogen-bond donors (Lipinski definition) is 3. The van der Waals surface area contributed by atoms with Gasteiger partial charge in [-0.3, -0.25) is 5.43 Å². The molecule has 0 radical (unpaired) electrons. The van der Waals surface area contributed by atoms with Gasteiger partial charge in [0.25, 0.3) is 0 Å². The van der Waals surface area contributed by atoms with Gasteiger partial charge < -0.3 is 10.1 Å². The largest absolute Gasteiger partial charge is 0.376 e. The summed E-state index contributed by atoms with van der Waals surface area (Å²) in [6.45, 7) is 1.46. The molecule has 1 heterocycles. The maximum atomic E-state index is 5.74. The van der Waals surface area contributed by atoms with Crippen LogP contribution in [0.15, 0.2) is 12.3 Å². The van der Waals surface area contributed by atoms with Gasteiger partial charge in [-0.05, 0) is 18.9 Å². The van der Waals surface area contributed by atoms with Crippen LogP contribution in [0.25, 0.3) is 0 Å². The van der Waals surface area contributed by atoms with Gasteiger partial charge in [0.15, 0.2) is 0 Å². The number of anilines is 2. The lowest BCUT2D eigenvalue weighted by molar-refractivity contribution is 0.0658. The summed E-state index contributed by atoms with van der Waals surface area (Å²) in [6, 6.07) is 1.80. The second-order valence-electron chi connectivity index (χ2n) is 4.11. The molecule has 0 unspecified atom stereocenters. The number of nitrogens with zero attached hydrogens (tertiary/aromatic N) is 2. The molecule has 2 rings (SSSR count). The van der Waals surface area contributed by atoms with E-state index >= 15 is 0 Å². The Labute approximate surface area is 101 Å². The van der Waals surface area contributed by atoms with Crippen LogP contribution < -0.4 is 16.6 Å². The molecule has 1 aliphatic rings. The van der Waals surface area contributed by atoms with Crippen LogP contribution in [0.4, 0.5) is 11.8 Å². The average Bonchev–Trinajstić information content (AvgIpc) is 2.88. The van der Waals surface area contributed by atoms with Crippen molar-refractivity contribution < 1.29 is 4.74 Å². The second-order valence-corrected chi connectivity index (χ2v) is 4.11. The molecule has 6 nitrogen and oxygen atoms in total. The van der Waals surface area contributed by atoms with Crippen molar-refractivity contribution >= 4 is 11.8 Å². The van der Waals surface area contributed by atoms with E-state index in [1.54, 1.807) is 12.3 Å². The van der Waals surface area contributed by atoms with Gasteiger partial charge in [-0.25, -0.2) is 10.8 Å². The van der Waals surface area contributed by atoms with Crippen LogP contribution in [0.5, 0.6) is 0 Å². The number of nitrogens with one attached hydrogen (secondary N) is 2. The molecule has 94 valence electrons. The van der Waals surface area contributed by atoms with Crippen LogP contribution in [-0.4, -0.2) is 29.2 Å². The van der Waals surface area contributed by atoms with Crippen molar-refractivity contribution in [1.29, 1.82) is 0 Å². The predicted molar refractivity (Wildman–Crippen MR) is 66.5 cm³/mol. The number of aromatic nitrogens is 2. The first-order valence-electron chi connectivity index (χ1n) is 6.03. The van der Waals surface area contributed by atoms with Gasteiger partial charge in [-0.15, -0.1) is 0 Å². The molecular formula is C11H19N5O. The third-order valence-corrected chi connectivity index (χ3v) is 2.85. The fourth-order valence-corrected chi connectivity index (χ4v) is 1.99. The minimum atomic E-state index is 0.409. The Kier molecular flexibility index (Phi) is 4.52. The quantitative estimate of drug-likeness (QED) is 0.391. The Bertz CT molecular complexity index is 340. The van der Waals surface area contributed by atoms with Crippen molar-refractivity contribution in [3.05, 3.63) is 12.3 Å². The number of hydrazine groups is 1. The fraction of sp³-hybridized carbons (Fsp3) is 0.636. The summed E-state index contributed by atoms with van der Waals surface area (Å²) in [5.74, 6) is 6.39. The van der Waals surface area contributed by atoms with E-state index in [1.165, 1.54) is 25.7 Å². The number of nitrogen functional groups attached to an aromatic ring is 1. The van der Waals surface area contributed by atoms with Crippen molar-refractivity contribution in [2.45, 2.75) is 31.8 Å². The van der Waals surface area contributed by atoms with E-state index in [4.69, 9.17) is 10.6 Å². The van der Waals surface area contributed by atoms with E-state index in [1.807, 2.05) is 0 Å². The Morgan fingerprint density at radius 1 is 1.41 bits per heavy atom. The first-order chi connectivity index (χ1) is 8.38. The van der Waals surface area contributed by atoms with Gasteiger partial charge in [0.05, 0.1) is 12.7 Å². The highest BCUT2D eigenvalue weighted by Gasteiger charge is 2.14. The standard InChI is InChI=1S/C11H19N5O/c12-16-11-14-6-5-10(15-11)13-7-8-17-9-3-1-2-4-9/h5-6,9H,1-4,7-8,12H2,(H2,13,14,15,16). The minimum Gasteiger partial charge on any atom is -0.376 e. The van der Waals surface area contributed by atoms with Gasteiger partial charge in [-0.2, -0.15) is 4.98 Å². The molecular weight excluding hydrogens is 218 g/mol. The zero-order valence-electron chi connectivity index (χ0n) is 9.85. The molecule has 0 bridgehead atoms. The van der Waals surface area contributed by atoms with Gasteiger partial charge >= 0.3 is 0 Å². The maximum absolute atomic E-state index is 5.74. The summed E-state index contributed by atoms with van der Waals surface area (Å²) >= 11 is 0. The molecule has 4 N–H and O–H groups in total. The fourth-order valence-electron chi connectivity index (χ4n) is 1.99. The number of nitrogens with two attached hydrogens (primary N) is 1. The zero-order chi connectivity index (χ0) is 11.9. The third-order valence-electron chi connectivity index (χ3n) is 2.85. The SMILES string of the molecule is NNc1nccc(NCCOC2CCCC2)n1. The molecule has 0 aromatic carbocycles. The third kappa shape index (κ3) is 3.83. The van der Waals surface area contributed by atoms with E-state index in [2.05, 4.69) is 20.7 Å². The van der Waals surface area contributed by atoms with Crippen molar-refractivity contribution in [3.8, 4) is 0 Å². The summed E-state index contributed by atoms with van der Waals surface area (Å²) in [5.41, 5.74) is 2.41. The molecule has 1 fully saturated rings. The lowest BCUT2D eigenvalue weighted by Gasteiger charge is -2.11. The second kappa shape index (κ2) is 6.36.